The summed E-state index contributed by atoms with van der Waals surface area (Å²) in [6.45, 7) is 4.17. The highest BCUT2D eigenvalue weighted by Gasteiger charge is 2.08. The summed E-state index contributed by atoms with van der Waals surface area (Å²) in [5.41, 5.74) is 5.35. The highest BCUT2D eigenvalue weighted by molar-refractivity contribution is 9.10. The number of pyridine rings is 1. The van der Waals surface area contributed by atoms with Crippen molar-refractivity contribution in [2.75, 3.05) is 0 Å². The zero-order valence-electron chi connectivity index (χ0n) is 10.2. The van der Waals surface area contributed by atoms with Crippen LogP contribution in [-0.4, -0.2) is 15.0 Å². The van der Waals surface area contributed by atoms with E-state index in [4.69, 9.17) is 0 Å². The van der Waals surface area contributed by atoms with Crippen molar-refractivity contribution in [2.45, 2.75) is 13.8 Å². The predicted octanol–water partition coefficient (Wildman–Crippen LogP) is 4.00. The first-order chi connectivity index (χ1) is 8.63. The standard InChI is InChI=1S/C14H12BrN3/c1-8-5-9(2)13-12(6-8)17-14(18-13)11-4-3-10(15)7-16-11/h3-7H,1-2H3,(H,17,18). The van der Waals surface area contributed by atoms with Crippen LogP contribution in [0.1, 0.15) is 11.1 Å². The van der Waals surface area contributed by atoms with Gasteiger partial charge in [-0.1, -0.05) is 6.07 Å². The van der Waals surface area contributed by atoms with Gasteiger partial charge in [-0.25, -0.2) is 4.98 Å². The number of fused-ring (bicyclic) bond motifs is 1. The fourth-order valence-electron chi connectivity index (χ4n) is 2.11. The molecule has 2 aromatic heterocycles. The number of halogens is 1. The first-order valence-corrected chi connectivity index (χ1v) is 6.52. The van der Waals surface area contributed by atoms with Crippen LogP contribution in [0.25, 0.3) is 22.6 Å². The summed E-state index contributed by atoms with van der Waals surface area (Å²) in [6.07, 6.45) is 1.78. The molecule has 90 valence electrons. The van der Waals surface area contributed by atoms with Gasteiger partial charge in [0.1, 0.15) is 5.69 Å². The number of aromatic nitrogens is 3. The van der Waals surface area contributed by atoms with Crippen molar-refractivity contribution in [3.63, 3.8) is 0 Å². The number of imidazole rings is 1. The second-order valence-corrected chi connectivity index (χ2v) is 5.34. The molecule has 3 nitrogen and oxygen atoms in total. The van der Waals surface area contributed by atoms with Crippen LogP contribution in [0.3, 0.4) is 0 Å². The minimum absolute atomic E-state index is 0.811. The highest BCUT2D eigenvalue weighted by atomic mass is 79.9. The second kappa shape index (κ2) is 4.21. The lowest BCUT2D eigenvalue weighted by Gasteiger charge is -1.96. The first kappa shape index (κ1) is 11.4. The van der Waals surface area contributed by atoms with Gasteiger partial charge in [-0.2, -0.15) is 0 Å². The lowest BCUT2D eigenvalue weighted by atomic mass is 10.1. The Bertz CT molecular complexity index is 714. The minimum atomic E-state index is 0.811. The average Bonchev–Trinajstić information content (AvgIpc) is 2.74. The molecular formula is C14H12BrN3. The molecule has 0 fully saturated rings. The predicted molar refractivity (Wildman–Crippen MR) is 76.5 cm³/mol. The molecule has 0 aliphatic heterocycles. The van der Waals surface area contributed by atoms with Crippen molar-refractivity contribution in [2.24, 2.45) is 0 Å². The first-order valence-electron chi connectivity index (χ1n) is 5.72. The Balaban J connectivity index is 2.19. The molecule has 2 heterocycles. The number of hydrogen-bond acceptors (Lipinski definition) is 2. The molecule has 18 heavy (non-hydrogen) atoms. The van der Waals surface area contributed by atoms with Crippen molar-refractivity contribution >= 4 is 27.0 Å². The van der Waals surface area contributed by atoms with Gasteiger partial charge in [0.25, 0.3) is 0 Å². The van der Waals surface area contributed by atoms with Crippen molar-refractivity contribution in [1.29, 1.82) is 0 Å². The summed E-state index contributed by atoms with van der Waals surface area (Å²) < 4.78 is 0.967. The molecule has 3 rings (SSSR count). The van der Waals surface area contributed by atoms with Crippen molar-refractivity contribution < 1.29 is 0 Å². The molecule has 0 amide bonds. The van der Waals surface area contributed by atoms with E-state index in [0.717, 1.165) is 27.0 Å². The van der Waals surface area contributed by atoms with Gasteiger partial charge >= 0.3 is 0 Å². The van der Waals surface area contributed by atoms with Gasteiger partial charge in [0.05, 0.1) is 11.0 Å². The molecule has 0 bridgehead atoms. The van der Waals surface area contributed by atoms with Crippen molar-refractivity contribution in [1.82, 2.24) is 15.0 Å². The third-order valence-corrected chi connectivity index (χ3v) is 3.36. The summed E-state index contributed by atoms with van der Waals surface area (Å²) in [5, 5.41) is 0. The van der Waals surface area contributed by atoms with E-state index in [1.807, 2.05) is 12.1 Å². The van der Waals surface area contributed by atoms with Crippen molar-refractivity contribution in [3.05, 3.63) is 46.1 Å². The van der Waals surface area contributed by atoms with E-state index < -0.39 is 0 Å². The Hall–Kier alpha value is -1.68. The Morgan fingerprint density at radius 2 is 2.00 bits per heavy atom. The molecule has 0 aliphatic carbocycles. The lowest BCUT2D eigenvalue weighted by molar-refractivity contribution is 1.23. The van der Waals surface area contributed by atoms with Gasteiger partial charge in [0, 0.05) is 10.7 Å². The molecule has 1 aromatic carbocycles. The molecule has 0 spiro atoms. The molecule has 0 unspecified atom stereocenters. The van der Waals surface area contributed by atoms with Crippen LogP contribution in [0.2, 0.25) is 0 Å². The molecule has 0 aliphatic rings. The van der Waals surface area contributed by atoms with Crippen LogP contribution >= 0.6 is 15.9 Å². The van der Waals surface area contributed by atoms with E-state index in [9.17, 15) is 0 Å². The molecule has 0 atom stereocenters. The Labute approximate surface area is 113 Å². The fourth-order valence-corrected chi connectivity index (χ4v) is 2.34. The monoisotopic (exact) mass is 301 g/mol. The third kappa shape index (κ3) is 1.93. The smallest absolute Gasteiger partial charge is 0.157 e. The van der Waals surface area contributed by atoms with Gasteiger partial charge in [-0.3, -0.25) is 4.98 Å². The fraction of sp³-hybridized carbons (Fsp3) is 0.143. The zero-order chi connectivity index (χ0) is 12.7. The number of H-pyrrole nitrogens is 1. The van der Waals surface area contributed by atoms with Crippen LogP contribution in [0.4, 0.5) is 0 Å². The number of hydrogen-bond donors (Lipinski definition) is 1. The van der Waals surface area contributed by atoms with Crippen LogP contribution in [0, 0.1) is 13.8 Å². The number of aromatic amines is 1. The zero-order valence-corrected chi connectivity index (χ0v) is 11.7. The molecule has 1 N–H and O–H groups in total. The average molecular weight is 302 g/mol. The third-order valence-electron chi connectivity index (χ3n) is 2.89. The second-order valence-electron chi connectivity index (χ2n) is 4.43. The summed E-state index contributed by atoms with van der Waals surface area (Å²) in [4.78, 5) is 12.3. The van der Waals surface area contributed by atoms with Gasteiger partial charge in [0.15, 0.2) is 5.82 Å². The Morgan fingerprint density at radius 1 is 1.17 bits per heavy atom. The molecule has 0 saturated carbocycles. The molecule has 4 heteroatoms. The maximum absolute atomic E-state index is 4.62. The van der Waals surface area contributed by atoms with Crippen LogP contribution < -0.4 is 0 Å². The quantitative estimate of drug-likeness (QED) is 0.738. The largest absolute Gasteiger partial charge is 0.337 e. The molecule has 0 radical (unpaired) electrons. The number of nitrogens with zero attached hydrogens (tertiary/aromatic N) is 2. The van der Waals surface area contributed by atoms with E-state index in [2.05, 4.69) is 56.9 Å². The lowest BCUT2D eigenvalue weighted by Crippen LogP contribution is -1.84. The summed E-state index contributed by atoms with van der Waals surface area (Å²) >= 11 is 3.38. The summed E-state index contributed by atoms with van der Waals surface area (Å²) in [6, 6.07) is 8.16. The topological polar surface area (TPSA) is 41.6 Å². The molecule has 3 aromatic rings. The van der Waals surface area contributed by atoms with Crippen LogP contribution in [0.5, 0.6) is 0 Å². The van der Waals surface area contributed by atoms with E-state index in [1.165, 1.54) is 11.1 Å². The van der Waals surface area contributed by atoms with Gasteiger partial charge < -0.3 is 4.98 Å². The number of benzene rings is 1. The van der Waals surface area contributed by atoms with E-state index in [0.29, 0.717) is 0 Å². The number of aryl methyl sites for hydroxylation is 2. The van der Waals surface area contributed by atoms with Gasteiger partial charge in [-0.15, -0.1) is 0 Å². The van der Waals surface area contributed by atoms with E-state index in [-0.39, 0.29) is 0 Å². The normalized spacial score (nSPS) is 11.1. The maximum atomic E-state index is 4.62. The molecule has 0 saturated heterocycles. The Morgan fingerprint density at radius 3 is 2.72 bits per heavy atom. The summed E-state index contributed by atoms with van der Waals surface area (Å²) in [7, 11) is 0. The SMILES string of the molecule is Cc1cc(C)c2nc(-c3ccc(Br)cn3)[nH]c2c1. The van der Waals surface area contributed by atoms with E-state index in [1.54, 1.807) is 6.20 Å². The van der Waals surface area contributed by atoms with Crippen LogP contribution in [-0.2, 0) is 0 Å². The number of rotatable bonds is 1. The maximum Gasteiger partial charge on any atom is 0.157 e. The van der Waals surface area contributed by atoms with E-state index >= 15 is 0 Å². The van der Waals surface area contributed by atoms with Gasteiger partial charge in [0.2, 0.25) is 0 Å². The van der Waals surface area contributed by atoms with Crippen molar-refractivity contribution in [3.8, 4) is 11.5 Å². The number of nitrogens with one attached hydrogen (secondary N) is 1. The minimum Gasteiger partial charge on any atom is -0.337 e. The summed E-state index contributed by atoms with van der Waals surface area (Å²) in [5.74, 6) is 0.811. The van der Waals surface area contributed by atoms with Crippen LogP contribution in [0.15, 0.2) is 34.9 Å². The Kier molecular flexibility index (Phi) is 2.67. The molecular weight excluding hydrogens is 290 g/mol. The highest BCUT2D eigenvalue weighted by Crippen LogP contribution is 2.23. The van der Waals surface area contributed by atoms with Gasteiger partial charge in [-0.05, 0) is 59.1 Å².